The molecule has 1 atom stereocenters. The Morgan fingerprint density at radius 2 is 1.98 bits per heavy atom. The van der Waals surface area contributed by atoms with Crippen LogP contribution in [0.4, 0.5) is 27.6 Å². The summed E-state index contributed by atoms with van der Waals surface area (Å²) in [6.45, 7) is 0.954. The van der Waals surface area contributed by atoms with Gasteiger partial charge in [0, 0.05) is 28.8 Å². The molecule has 0 bridgehead atoms. The van der Waals surface area contributed by atoms with Crippen LogP contribution in [0.1, 0.15) is 48.4 Å². The maximum Gasteiger partial charge on any atom is 0.417 e. The molecule has 0 saturated carbocycles. The van der Waals surface area contributed by atoms with Gasteiger partial charge in [-0.25, -0.2) is 22.2 Å². The van der Waals surface area contributed by atoms with Gasteiger partial charge in [-0.3, -0.25) is 9.10 Å². The number of carbonyl (C=O) groups is 1. The highest BCUT2D eigenvalue weighted by atomic mass is 35.5. The molecule has 8 nitrogen and oxygen atoms in total. The van der Waals surface area contributed by atoms with Crippen molar-refractivity contribution in [3.05, 3.63) is 75.9 Å². The number of ether oxygens (including phenoxy) is 2. The van der Waals surface area contributed by atoms with Crippen molar-refractivity contribution in [2.45, 2.75) is 43.4 Å². The van der Waals surface area contributed by atoms with Crippen molar-refractivity contribution in [3.8, 4) is 11.6 Å². The Morgan fingerprint density at radius 3 is 2.63 bits per heavy atom. The first-order valence-electron chi connectivity index (χ1n) is 12.7. The van der Waals surface area contributed by atoms with E-state index in [1.807, 2.05) is 0 Å². The van der Waals surface area contributed by atoms with E-state index in [2.05, 4.69) is 4.98 Å². The van der Waals surface area contributed by atoms with Crippen molar-refractivity contribution in [3.63, 3.8) is 0 Å². The average Bonchev–Trinajstić information content (AvgIpc) is 2.94. The second-order valence-electron chi connectivity index (χ2n) is 9.27. The minimum atomic E-state index is -4.91. The lowest BCUT2D eigenvalue weighted by Gasteiger charge is -2.35. The van der Waals surface area contributed by atoms with Gasteiger partial charge in [0.15, 0.2) is 4.90 Å². The highest BCUT2D eigenvalue weighted by Gasteiger charge is 2.39. The number of aromatic nitrogens is 1. The lowest BCUT2D eigenvalue weighted by Crippen LogP contribution is -2.44. The van der Waals surface area contributed by atoms with Crippen LogP contribution in [0, 0.1) is 0 Å². The Bertz CT molecular complexity index is 1650. The molecule has 0 aliphatic carbocycles. The maximum absolute atomic E-state index is 14.0. The molecular weight excluding hydrogens is 623 g/mol. The number of nitrogens with zero attached hydrogens (tertiary/aromatic N) is 2. The monoisotopic (exact) mass is 646 g/mol. The third kappa shape index (κ3) is 7.19. The molecule has 2 heterocycles. The topological polar surface area (TPSA) is 106 Å². The van der Waals surface area contributed by atoms with E-state index in [1.165, 1.54) is 55.5 Å². The molecule has 0 unspecified atom stereocenters. The average molecular weight is 647 g/mol. The summed E-state index contributed by atoms with van der Waals surface area (Å²) in [6, 6.07) is 8.66. The molecule has 3 aromatic rings. The number of fused-ring (bicyclic) bond motifs is 1. The van der Waals surface area contributed by atoms with E-state index in [0.29, 0.717) is 17.8 Å². The third-order valence-corrected chi connectivity index (χ3v) is 8.46. The number of anilines is 1. The highest BCUT2D eigenvalue weighted by molar-refractivity contribution is 7.93. The quantitative estimate of drug-likeness (QED) is 0.185. The molecular formula is C28H24ClF5N2O6S. The summed E-state index contributed by atoms with van der Waals surface area (Å²) in [6.07, 6.45) is -5.98. The van der Waals surface area contributed by atoms with E-state index < -0.39 is 57.6 Å². The van der Waals surface area contributed by atoms with Crippen molar-refractivity contribution in [2.75, 3.05) is 17.5 Å². The number of rotatable bonds is 10. The Kier molecular flexibility index (Phi) is 9.50. The summed E-state index contributed by atoms with van der Waals surface area (Å²) < 4.78 is 108. The molecule has 1 aliphatic rings. The molecule has 1 N–H and O–H groups in total. The highest BCUT2D eigenvalue weighted by Crippen LogP contribution is 2.41. The fourth-order valence-corrected chi connectivity index (χ4v) is 6.18. The van der Waals surface area contributed by atoms with Crippen molar-refractivity contribution in [2.24, 2.45) is 0 Å². The molecule has 2 aromatic carbocycles. The van der Waals surface area contributed by atoms with Crippen LogP contribution in [-0.4, -0.2) is 43.7 Å². The number of hydrogen-bond acceptors (Lipinski definition) is 6. The largest absolute Gasteiger partial charge is 0.486 e. The molecule has 0 spiro atoms. The number of sulfonamides is 1. The second-order valence-corrected chi connectivity index (χ2v) is 11.5. The van der Waals surface area contributed by atoms with E-state index >= 15 is 0 Å². The van der Waals surface area contributed by atoms with Gasteiger partial charge in [-0.15, -0.1) is 0 Å². The minimum absolute atomic E-state index is 0.00581. The van der Waals surface area contributed by atoms with Gasteiger partial charge < -0.3 is 14.6 Å². The van der Waals surface area contributed by atoms with E-state index in [9.17, 15) is 35.2 Å². The summed E-state index contributed by atoms with van der Waals surface area (Å²) in [7, 11) is -4.82. The Hall–Kier alpha value is -3.91. The summed E-state index contributed by atoms with van der Waals surface area (Å²) >= 11 is 6.13. The maximum atomic E-state index is 14.0. The molecule has 15 heteroatoms. The number of hydrogen-bond donors (Lipinski definition) is 1. The van der Waals surface area contributed by atoms with Crippen molar-refractivity contribution >= 4 is 45.4 Å². The van der Waals surface area contributed by atoms with Gasteiger partial charge in [-0.05, 0) is 43.2 Å². The minimum Gasteiger partial charge on any atom is -0.486 e. The summed E-state index contributed by atoms with van der Waals surface area (Å²) in [5.74, 6) is -1.71. The van der Waals surface area contributed by atoms with E-state index in [-0.39, 0.29) is 47.0 Å². The standard InChI is InChI=1S/C28H24ClF5N2O6S/c1-2-41-27-24(13-17(14-35-27)28(32,33)34)43(39,40)36-15-18(8-11-25(37)38)42-23-10-7-16(12-22(23)36)6-9-19-20(26(30)31)4-3-5-21(19)29/h3-7,9-10,12-14,18,26H,2,8,11,15H2,1H3,(H,37,38)/b9-6+/t18-/m0/s1. The zero-order valence-corrected chi connectivity index (χ0v) is 23.9. The van der Waals surface area contributed by atoms with Gasteiger partial charge in [0.05, 0.1) is 24.4 Å². The summed E-state index contributed by atoms with van der Waals surface area (Å²) in [4.78, 5) is 13.9. The normalized spacial score (nSPS) is 15.4. The first-order chi connectivity index (χ1) is 20.2. The number of halogens is 6. The molecule has 1 aromatic heterocycles. The number of alkyl halides is 5. The summed E-state index contributed by atoms with van der Waals surface area (Å²) in [5.41, 5.74) is -1.36. The van der Waals surface area contributed by atoms with Gasteiger partial charge in [-0.1, -0.05) is 42.0 Å². The first kappa shape index (κ1) is 32.0. The van der Waals surface area contributed by atoms with Crippen LogP contribution in [0.3, 0.4) is 0 Å². The fraction of sp³-hybridized carbons (Fsp3) is 0.286. The van der Waals surface area contributed by atoms with E-state index in [4.69, 9.17) is 26.2 Å². The Morgan fingerprint density at radius 1 is 1.23 bits per heavy atom. The van der Waals surface area contributed by atoms with Crippen LogP contribution in [-0.2, 0) is 21.0 Å². The number of benzene rings is 2. The molecule has 0 radical (unpaired) electrons. The van der Waals surface area contributed by atoms with Crippen LogP contribution < -0.4 is 13.8 Å². The molecule has 0 saturated heterocycles. The first-order valence-corrected chi connectivity index (χ1v) is 14.5. The number of carboxylic acid groups (broad SMARTS) is 1. The molecule has 1 aliphatic heterocycles. The molecule has 4 rings (SSSR count). The van der Waals surface area contributed by atoms with E-state index in [0.717, 1.165) is 4.31 Å². The molecule has 230 valence electrons. The molecule has 43 heavy (non-hydrogen) atoms. The number of pyridine rings is 1. The predicted octanol–water partition coefficient (Wildman–Crippen LogP) is 7.08. The fourth-order valence-electron chi connectivity index (χ4n) is 4.33. The predicted molar refractivity (Wildman–Crippen MR) is 148 cm³/mol. The smallest absolute Gasteiger partial charge is 0.417 e. The lowest BCUT2D eigenvalue weighted by molar-refractivity contribution is -0.138. The number of carboxylic acids is 1. The zero-order chi connectivity index (χ0) is 31.5. The molecule has 0 amide bonds. The van der Waals surface area contributed by atoms with Crippen molar-refractivity contribution < 1.29 is 49.7 Å². The third-order valence-electron chi connectivity index (χ3n) is 6.35. The number of aliphatic carboxylic acids is 1. The second kappa shape index (κ2) is 12.8. The summed E-state index contributed by atoms with van der Waals surface area (Å²) in [5, 5.41) is 9.18. The van der Waals surface area contributed by atoms with Gasteiger partial charge in [-0.2, -0.15) is 13.2 Å². The van der Waals surface area contributed by atoms with Gasteiger partial charge in [0.2, 0.25) is 5.88 Å². The zero-order valence-electron chi connectivity index (χ0n) is 22.3. The van der Waals surface area contributed by atoms with Crippen LogP contribution in [0.2, 0.25) is 5.02 Å². The Balaban J connectivity index is 1.83. The van der Waals surface area contributed by atoms with Gasteiger partial charge in [0.1, 0.15) is 11.9 Å². The van der Waals surface area contributed by atoms with Gasteiger partial charge >= 0.3 is 12.1 Å². The van der Waals surface area contributed by atoms with Gasteiger partial charge in [0.25, 0.3) is 16.4 Å². The van der Waals surface area contributed by atoms with Crippen molar-refractivity contribution in [1.82, 2.24) is 4.98 Å². The van der Waals surface area contributed by atoms with Crippen LogP contribution in [0.25, 0.3) is 12.2 Å². The Labute approximate surface area is 248 Å². The lowest BCUT2D eigenvalue weighted by atomic mass is 10.0. The van der Waals surface area contributed by atoms with Crippen LogP contribution >= 0.6 is 11.6 Å². The molecule has 0 fully saturated rings. The SMILES string of the molecule is CCOc1ncc(C(F)(F)F)cc1S(=O)(=O)N1C[C@H](CCC(=O)O)Oc2ccc(/C=C/c3c(Cl)cccc3C(F)F)cc21. The van der Waals surface area contributed by atoms with Crippen LogP contribution in [0.5, 0.6) is 11.6 Å². The van der Waals surface area contributed by atoms with Crippen molar-refractivity contribution in [1.29, 1.82) is 0 Å². The van der Waals surface area contributed by atoms with E-state index in [1.54, 1.807) is 0 Å². The van der Waals surface area contributed by atoms with Crippen LogP contribution in [0.15, 0.2) is 53.6 Å².